The number of rotatable bonds is 5. The van der Waals surface area contributed by atoms with Crippen molar-refractivity contribution in [2.24, 2.45) is 5.73 Å². The molecule has 1 aromatic carbocycles. The van der Waals surface area contributed by atoms with E-state index in [1.54, 1.807) is 6.92 Å². The third kappa shape index (κ3) is 3.83. The van der Waals surface area contributed by atoms with Gasteiger partial charge in [-0.25, -0.2) is 17.2 Å². The molecule has 0 fully saturated rings. The van der Waals surface area contributed by atoms with Crippen molar-refractivity contribution in [1.29, 1.82) is 0 Å². The number of hydrogen-bond acceptors (Lipinski definition) is 3. The second kappa shape index (κ2) is 6.10. The Morgan fingerprint density at radius 2 is 2.05 bits per heavy atom. The highest BCUT2D eigenvalue weighted by molar-refractivity contribution is 9.10. The van der Waals surface area contributed by atoms with Crippen LogP contribution in [0.2, 0.25) is 0 Å². The first-order valence-electron chi connectivity index (χ1n) is 5.14. The van der Waals surface area contributed by atoms with E-state index in [2.05, 4.69) is 28.1 Å². The molecule has 0 aliphatic rings. The van der Waals surface area contributed by atoms with E-state index in [9.17, 15) is 17.2 Å². The Kier molecular flexibility index (Phi) is 5.22. The molecule has 0 aromatic heterocycles. The fourth-order valence-electron chi connectivity index (χ4n) is 1.40. The number of sulfonamides is 1. The molecule has 0 bridgehead atoms. The van der Waals surface area contributed by atoms with Gasteiger partial charge in [0, 0.05) is 6.07 Å². The third-order valence-corrected chi connectivity index (χ3v) is 5.21. The Morgan fingerprint density at radius 1 is 1.47 bits per heavy atom. The summed E-state index contributed by atoms with van der Waals surface area (Å²) in [7, 11) is -4.02. The smallest absolute Gasteiger partial charge is 0.242 e. The summed E-state index contributed by atoms with van der Waals surface area (Å²) in [5.74, 6) is -1.70. The van der Waals surface area contributed by atoms with Crippen molar-refractivity contribution in [3.05, 3.63) is 28.2 Å². The van der Waals surface area contributed by atoms with Crippen molar-refractivity contribution in [3.8, 4) is 0 Å². The van der Waals surface area contributed by atoms with Gasteiger partial charge in [-0.15, -0.1) is 0 Å². The van der Waals surface area contributed by atoms with Gasteiger partial charge in [-0.2, -0.15) is 0 Å². The van der Waals surface area contributed by atoms with Crippen molar-refractivity contribution in [2.75, 3.05) is 4.72 Å². The van der Waals surface area contributed by atoms with Gasteiger partial charge in [-0.3, -0.25) is 4.72 Å². The number of benzene rings is 1. The molecule has 0 heterocycles. The van der Waals surface area contributed by atoms with Crippen LogP contribution in [-0.2, 0) is 10.0 Å². The molecule has 1 aromatic rings. The molecule has 0 radical (unpaired) electrons. The van der Waals surface area contributed by atoms with Crippen LogP contribution in [0.5, 0.6) is 0 Å². The Bertz CT molecular complexity index is 608. The second-order valence-electron chi connectivity index (χ2n) is 3.69. The standard InChI is InChI=1S/C10H11BrF2N2O2S2/c1-2-9(10(14)18)19(16,17)15-8-4-6(12)5(11)3-7(8)13/h3-4,9,15H,2H2,1H3,(H2,14,18). The largest absolute Gasteiger partial charge is 0.392 e. The molecule has 0 aliphatic carbocycles. The van der Waals surface area contributed by atoms with Gasteiger partial charge in [0.25, 0.3) is 0 Å². The summed E-state index contributed by atoms with van der Waals surface area (Å²) in [6, 6.07) is 1.57. The zero-order chi connectivity index (χ0) is 14.8. The molecule has 0 aliphatic heterocycles. The summed E-state index contributed by atoms with van der Waals surface area (Å²) in [5.41, 5.74) is 4.83. The minimum absolute atomic E-state index is 0.102. The molecule has 0 amide bonds. The average Bonchev–Trinajstić information content (AvgIpc) is 2.25. The Hall–Kier alpha value is -0.800. The Labute approximate surface area is 123 Å². The lowest BCUT2D eigenvalue weighted by atomic mass is 10.3. The van der Waals surface area contributed by atoms with Crippen LogP contribution in [0.4, 0.5) is 14.5 Å². The van der Waals surface area contributed by atoms with Crippen LogP contribution in [0.15, 0.2) is 16.6 Å². The van der Waals surface area contributed by atoms with Crippen LogP contribution >= 0.6 is 28.1 Å². The van der Waals surface area contributed by atoms with Crippen molar-refractivity contribution in [2.45, 2.75) is 18.6 Å². The van der Waals surface area contributed by atoms with Crippen LogP contribution < -0.4 is 10.5 Å². The van der Waals surface area contributed by atoms with Crippen LogP contribution in [-0.4, -0.2) is 18.7 Å². The molecule has 0 saturated carbocycles. The van der Waals surface area contributed by atoms with E-state index in [1.807, 2.05) is 4.72 Å². The van der Waals surface area contributed by atoms with E-state index in [0.29, 0.717) is 0 Å². The van der Waals surface area contributed by atoms with Gasteiger partial charge in [0.05, 0.1) is 15.1 Å². The highest BCUT2D eigenvalue weighted by atomic mass is 79.9. The Balaban J connectivity index is 3.15. The first-order chi connectivity index (χ1) is 8.69. The predicted octanol–water partition coefficient (Wildman–Crippen LogP) is 2.53. The summed E-state index contributed by atoms with van der Waals surface area (Å²) in [6.45, 7) is 1.57. The van der Waals surface area contributed by atoms with Gasteiger partial charge in [0.15, 0.2) is 0 Å². The number of thiocarbonyl (C=S) groups is 1. The minimum atomic E-state index is -4.02. The molecule has 19 heavy (non-hydrogen) atoms. The zero-order valence-corrected chi connectivity index (χ0v) is 13.0. The number of nitrogens with two attached hydrogens (primary N) is 1. The van der Waals surface area contributed by atoms with Gasteiger partial charge in [0.1, 0.15) is 16.9 Å². The van der Waals surface area contributed by atoms with Crippen molar-refractivity contribution in [1.82, 2.24) is 0 Å². The molecule has 9 heteroatoms. The van der Waals surface area contributed by atoms with E-state index in [0.717, 1.165) is 12.1 Å². The fraction of sp³-hybridized carbons (Fsp3) is 0.300. The summed E-state index contributed by atoms with van der Waals surface area (Å²) in [5, 5.41) is -1.14. The van der Waals surface area contributed by atoms with E-state index >= 15 is 0 Å². The lowest BCUT2D eigenvalue weighted by molar-refractivity contribution is 0.588. The van der Waals surface area contributed by atoms with Gasteiger partial charge in [-0.05, 0) is 28.4 Å². The van der Waals surface area contributed by atoms with Gasteiger partial charge in [-0.1, -0.05) is 19.1 Å². The van der Waals surface area contributed by atoms with Gasteiger partial charge >= 0.3 is 0 Å². The zero-order valence-electron chi connectivity index (χ0n) is 9.78. The molecule has 1 rings (SSSR count). The number of nitrogens with one attached hydrogen (secondary N) is 1. The SMILES string of the molecule is CCC(C(N)=S)S(=O)(=O)Nc1cc(F)c(Br)cc1F. The quantitative estimate of drug-likeness (QED) is 0.615. The monoisotopic (exact) mass is 372 g/mol. The van der Waals surface area contributed by atoms with Crippen LogP contribution in [0.1, 0.15) is 13.3 Å². The van der Waals surface area contributed by atoms with Gasteiger partial charge in [0.2, 0.25) is 10.0 Å². The van der Waals surface area contributed by atoms with E-state index in [4.69, 9.17) is 5.73 Å². The third-order valence-electron chi connectivity index (χ3n) is 2.32. The molecular formula is C10H11BrF2N2O2S2. The normalized spacial score (nSPS) is 13.1. The van der Waals surface area contributed by atoms with Crippen LogP contribution in [0.3, 0.4) is 0 Å². The second-order valence-corrected chi connectivity index (χ2v) is 6.88. The maximum absolute atomic E-state index is 13.5. The number of hydrogen-bond donors (Lipinski definition) is 2. The molecule has 1 atom stereocenters. The van der Waals surface area contributed by atoms with Crippen LogP contribution in [0.25, 0.3) is 0 Å². The summed E-state index contributed by atoms with van der Waals surface area (Å²) in [6.07, 6.45) is 0.130. The molecule has 0 saturated heterocycles. The Morgan fingerprint density at radius 3 is 2.53 bits per heavy atom. The molecule has 0 spiro atoms. The lowest BCUT2D eigenvalue weighted by Gasteiger charge is -2.16. The molecule has 4 nitrogen and oxygen atoms in total. The minimum Gasteiger partial charge on any atom is -0.392 e. The van der Waals surface area contributed by atoms with Gasteiger partial charge < -0.3 is 5.73 Å². The summed E-state index contributed by atoms with van der Waals surface area (Å²) in [4.78, 5) is -0.229. The van der Waals surface area contributed by atoms with Crippen LogP contribution in [0, 0.1) is 11.6 Å². The van der Waals surface area contributed by atoms with Crippen molar-refractivity contribution >= 4 is 48.8 Å². The summed E-state index contributed by atoms with van der Waals surface area (Å²) >= 11 is 7.44. The molecule has 3 N–H and O–H groups in total. The first kappa shape index (κ1) is 16.3. The fourth-order valence-corrected chi connectivity index (χ4v) is 3.61. The first-order valence-corrected chi connectivity index (χ1v) is 7.89. The average molecular weight is 373 g/mol. The highest BCUT2D eigenvalue weighted by Gasteiger charge is 2.27. The molecular weight excluding hydrogens is 362 g/mol. The maximum atomic E-state index is 13.5. The van der Waals surface area contributed by atoms with Crippen molar-refractivity contribution in [3.63, 3.8) is 0 Å². The number of anilines is 1. The topological polar surface area (TPSA) is 72.2 Å². The predicted molar refractivity (Wildman–Crippen MR) is 77.5 cm³/mol. The molecule has 1 unspecified atom stereocenters. The van der Waals surface area contributed by atoms with E-state index < -0.39 is 32.6 Å². The summed E-state index contributed by atoms with van der Waals surface area (Å²) < 4.78 is 52.6. The highest BCUT2D eigenvalue weighted by Crippen LogP contribution is 2.25. The number of halogens is 3. The lowest BCUT2D eigenvalue weighted by Crippen LogP contribution is -2.37. The van der Waals surface area contributed by atoms with E-state index in [1.165, 1.54) is 0 Å². The van der Waals surface area contributed by atoms with Crippen molar-refractivity contribution < 1.29 is 17.2 Å². The maximum Gasteiger partial charge on any atom is 0.242 e. The van der Waals surface area contributed by atoms with E-state index in [-0.39, 0.29) is 15.9 Å². The molecule has 106 valence electrons.